The zero-order chi connectivity index (χ0) is 15.9. The van der Waals surface area contributed by atoms with Gasteiger partial charge in [0.15, 0.2) is 5.75 Å². The number of aromatic amines is 1. The van der Waals surface area contributed by atoms with Crippen LogP contribution >= 0.6 is 0 Å². The van der Waals surface area contributed by atoms with Gasteiger partial charge in [0, 0.05) is 12.3 Å². The maximum Gasteiger partial charge on any atom is 0.513 e. The summed E-state index contributed by atoms with van der Waals surface area (Å²) in [5.41, 5.74) is 0.137. The Morgan fingerprint density at radius 1 is 1.18 bits per heavy atom. The summed E-state index contributed by atoms with van der Waals surface area (Å²) in [4.78, 5) is 37.0. The third-order valence-electron chi connectivity index (χ3n) is 2.67. The predicted octanol–water partition coefficient (Wildman–Crippen LogP) is 1.88. The molecule has 7 heteroatoms. The largest absolute Gasteiger partial charge is 0.513 e. The highest BCUT2D eigenvalue weighted by Gasteiger charge is 2.13. The second-order valence-electron chi connectivity index (χ2n) is 4.19. The van der Waals surface area contributed by atoms with Crippen LogP contribution in [0.3, 0.4) is 0 Å². The van der Waals surface area contributed by atoms with E-state index in [9.17, 15) is 14.4 Å². The molecule has 0 unspecified atom stereocenters. The third kappa shape index (κ3) is 3.95. The molecule has 0 aliphatic heterocycles. The number of aromatic nitrogens is 1. The van der Waals surface area contributed by atoms with Gasteiger partial charge in [-0.15, -0.1) is 0 Å². The number of carbonyl (C=O) groups excluding carboxylic acids is 2. The minimum Gasteiger partial charge on any atom is -0.456 e. The molecule has 0 atom stereocenters. The number of ether oxygens (including phenoxy) is 3. The van der Waals surface area contributed by atoms with E-state index < -0.39 is 17.6 Å². The average molecular weight is 303 g/mol. The smallest absolute Gasteiger partial charge is 0.456 e. The van der Waals surface area contributed by atoms with Crippen LogP contribution in [0.4, 0.5) is 4.79 Å². The summed E-state index contributed by atoms with van der Waals surface area (Å²) in [5, 5.41) is 0. The van der Waals surface area contributed by atoms with E-state index in [2.05, 4.69) is 14.5 Å². The van der Waals surface area contributed by atoms with Gasteiger partial charge in [-0.25, -0.2) is 9.59 Å². The van der Waals surface area contributed by atoms with Gasteiger partial charge in [0.25, 0.3) is 0 Å². The monoisotopic (exact) mass is 303 g/mol. The Labute approximate surface area is 125 Å². The fourth-order valence-corrected chi connectivity index (χ4v) is 1.59. The van der Waals surface area contributed by atoms with Gasteiger partial charge in [-0.2, -0.15) is 0 Å². The Kier molecular flexibility index (Phi) is 4.92. The highest BCUT2D eigenvalue weighted by Crippen LogP contribution is 2.06. The zero-order valence-electron chi connectivity index (χ0n) is 11.7. The molecule has 0 saturated heterocycles. The van der Waals surface area contributed by atoms with Crippen molar-refractivity contribution in [3.63, 3.8) is 0 Å². The molecule has 0 spiro atoms. The van der Waals surface area contributed by atoms with E-state index in [0.29, 0.717) is 0 Å². The molecule has 0 amide bonds. The van der Waals surface area contributed by atoms with Gasteiger partial charge in [0.05, 0.1) is 7.11 Å². The molecule has 1 aromatic carbocycles. The lowest BCUT2D eigenvalue weighted by Crippen LogP contribution is -2.17. The summed E-state index contributed by atoms with van der Waals surface area (Å²) < 4.78 is 13.9. The van der Waals surface area contributed by atoms with Crippen LogP contribution in [-0.2, 0) is 16.1 Å². The molecule has 7 nitrogen and oxygen atoms in total. The number of carbonyl (C=O) groups is 2. The van der Waals surface area contributed by atoms with Crippen molar-refractivity contribution in [2.75, 3.05) is 7.11 Å². The standard InChI is InChI=1S/C15H13NO6/c1-20-15(19)22-13-8-16-11(7-12(13)17)14(18)21-9-10-5-3-2-4-6-10/h2-8H,9H2,1H3,(H,16,17). The number of methoxy groups -OCH3 is 1. The van der Waals surface area contributed by atoms with E-state index in [1.54, 1.807) is 0 Å². The number of nitrogens with one attached hydrogen (secondary N) is 1. The number of esters is 1. The first-order valence-corrected chi connectivity index (χ1v) is 6.29. The van der Waals surface area contributed by atoms with E-state index in [0.717, 1.165) is 24.9 Å². The molecule has 114 valence electrons. The quantitative estimate of drug-likeness (QED) is 0.866. The number of pyridine rings is 1. The number of hydrogen-bond acceptors (Lipinski definition) is 6. The summed E-state index contributed by atoms with van der Waals surface area (Å²) in [6, 6.07) is 10.1. The van der Waals surface area contributed by atoms with Crippen molar-refractivity contribution in [1.29, 1.82) is 0 Å². The summed E-state index contributed by atoms with van der Waals surface area (Å²) in [6.45, 7) is 0.0854. The number of benzene rings is 1. The Morgan fingerprint density at radius 3 is 2.55 bits per heavy atom. The number of H-pyrrole nitrogens is 1. The van der Waals surface area contributed by atoms with Crippen LogP contribution in [0.1, 0.15) is 16.1 Å². The lowest BCUT2D eigenvalue weighted by molar-refractivity contribution is 0.0465. The normalized spacial score (nSPS) is 9.86. The molecule has 1 N–H and O–H groups in total. The van der Waals surface area contributed by atoms with Crippen molar-refractivity contribution in [2.24, 2.45) is 0 Å². The van der Waals surface area contributed by atoms with Crippen LogP contribution in [0.15, 0.2) is 47.4 Å². The van der Waals surface area contributed by atoms with E-state index in [-0.39, 0.29) is 18.1 Å². The first-order valence-electron chi connectivity index (χ1n) is 6.29. The summed E-state index contributed by atoms with van der Waals surface area (Å²) in [5.74, 6) is -0.961. The predicted molar refractivity (Wildman–Crippen MR) is 75.7 cm³/mol. The van der Waals surface area contributed by atoms with Crippen LogP contribution in [0, 0.1) is 0 Å². The van der Waals surface area contributed by atoms with E-state index in [1.165, 1.54) is 0 Å². The first-order chi connectivity index (χ1) is 10.6. The second-order valence-corrected chi connectivity index (χ2v) is 4.19. The summed E-state index contributed by atoms with van der Waals surface area (Å²) >= 11 is 0. The minimum atomic E-state index is -1.02. The number of hydrogen-bond donors (Lipinski definition) is 1. The first kappa shape index (κ1) is 15.3. The molecule has 0 aliphatic carbocycles. The second kappa shape index (κ2) is 7.07. The Balaban J connectivity index is 2.03. The van der Waals surface area contributed by atoms with Crippen molar-refractivity contribution < 1.29 is 23.8 Å². The Bertz CT molecular complexity index is 722. The topological polar surface area (TPSA) is 94.7 Å². The summed E-state index contributed by atoms with van der Waals surface area (Å²) in [7, 11) is 1.12. The van der Waals surface area contributed by atoms with E-state index in [1.807, 2.05) is 30.3 Å². The molecule has 1 aromatic heterocycles. The van der Waals surface area contributed by atoms with Gasteiger partial charge in [0.1, 0.15) is 12.3 Å². The highest BCUT2D eigenvalue weighted by molar-refractivity contribution is 5.87. The van der Waals surface area contributed by atoms with Crippen LogP contribution in [0.25, 0.3) is 0 Å². The van der Waals surface area contributed by atoms with Crippen molar-refractivity contribution in [3.05, 3.63) is 64.1 Å². The lowest BCUT2D eigenvalue weighted by atomic mass is 10.2. The molecule has 0 fully saturated rings. The average Bonchev–Trinajstić information content (AvgIpc) is 2.55. The lowest BCUT2D eigenvalue weighted by Gasteiger charge is -2.06. The van der Waals surface area contributed by atoms with Crippen molar-refractivity contribution in [2.45, 2.75) is 6.61 Å². The van der Waals surface area contributed by atoms with E-state index in [4.69, 9.17) is 4.74 Å². The Hall–Kier alpha value is -3.09. The molecule has 22 heavy (non-hydrogen) atoms. The zero-order valence-corrected chi connectivity index (χ0v) is 11.7. The van der Waals surface area contributed by atoms with E-state index >= 15 is 0 Å². The molecule has 2 aromatic rings. The van der Waals surface area contributed by atoms with Gasteiger partial charge in [0.2, 0.25) is 5.43 Å². The van der Waals surface area contributed by atoms with Gasteiger partial charge in [-0.3, -0.25) is 4.79 Å². The van der Waals surface area contributed by atoms with Gasteiger partial charge >= 0.3 is 12.1 Å². The van der Waals surface area contributed by atoms with Crippen LogP contribution in [0.5, 0.6) is 5.75 Å². The van der Waals surface area contributed by atoms with Crippen LogP contribution in [0.2, 0.25) is 0 Å². The molecule has 2 rings (SSSR count). The fourth-order valence-electron chi connectivity index (χ4n) is 1.59. The fraction of sp³-hybridized carbons (Fsp3) is 0.133. The highest BCUT2D eigenvalue weighted by atomic mass is 16.7. The molecule has 0 radical (unpaired) electrons. The van der Waals surface area contributed by atoms with Crippen molar-refractivity contribution in [3.8, 4) is 5.75 Å². The maximum absolute atomic E-state index is 11.8. The molecular formula is C15H13NO6. The minimum absolute atomic E-state index is 0.0434. The molecule has 0 saturated carbocycles. The maximum atomic E-state index is 11.8. The molecule has 0 aliphatic rings. The van der Waals surface area contributed by atoms with Crippen LogP contribution < -0.4 is 10.2 Å². The SMILES string of the molecule is COC(=O)Oc1c[nH]c(C(=O)OCc2ccccc2)cc1=O. The van der Waals surface area contributed by atoms with Crippen molar-refractivity contribution >= 4 is 12.1 Å². The molecular weight excluding hydrogens is 290 g/mol. The van der Waals surface area contributed by atoms with Gasteiger partial charge < -0.3 is 19.2 Å². The summed E-state index contributed by atoms with van der Waals surface area (Å²) in [6.07, 6.45) is 0.0724. The van der Waals surface area contributed by atoms with Gasteiger partial charge in [-0.05, 0) is 5.56 Å². The van der Waals surface area contributed by atoms with Crippen LogP contribution in [-0.4, -0.2) is 24.2 Å². The molecule has 0 bridgehead atoms. The van der Waals surface area contributed by atoms with Gasteiger partial charge in [-0.1, -0.05) is 30.3 Å². The molecule has 1 heterocycles. The number of rotatable bonds is 4. The van der Waals surface area contributed by atoms with Crippen molar-refractivity contribution in [1.82, 2.24) is 4.98 Å². The third-order valence-corrected chi connectivity index (χ3v) is 2.67. The Morgan fingerprint density at radius 2 is 1.91 bits per heavy atom.